The minimum absolute atomic E-state index is 0.0335. The Morgan fingerprint density at radius 1 is 1.18 bits per heavy atom. The molecule has 2 fully saturated rings. The first kappa shape index (κ1) is 12.9. The maximum absolute atomic E-state index is 9.21. The maximum atomic E-state index is 9.21. The second-order valence-electron chi connectivity index (χ2n) is 6.77. The predicted octanol–water partition coefficient (Wildman–Crippen LogP) is 3.26. The van der Waals surface area contributed by atoms with Crippen molar-refractivity contribution in [2.45, 2.75) is 77.0 Å². The Morgan fingerprint density at radius 3 is 2.12 bits per heavy atom. The quantitative estimate of drug-likeness (QED) is 0.754. The van der Waals surface area contributed by atoms with Gasteiger partial charge in [-0.2, -0.15) is 10.3 Å². The third kappa shape index (κ3) is 2.64. The fourth-order valence-electron chi connectivity index (χ4n) is 2.99. The molecule has 3 nitrogen and oxygen atoms in total. The number of hydrogen-bond donors (Lipinski definition) is 0. The van der Waals surface area contributed by atoms with Crippen LogP contribution in [-0.2, 0) is 4.84 Å². The Kier molecular flexibility index (Phi) is 3.22. The topological polar surface area (TPSA) is 36.3 Å². The van der Waals surface area contributed by atoms with Gasteiger partial charge >= 0.3 is 0 Å². The second-order valence-corrected chi connectivity index (χ2v) is 6.77. The van der Waals surface area contributed by atoms with Crippen LogP contribution < -0.4 is 0 Å². The van der Waals surface area contributed by atoms with E-state index >= 15 is 0 Å². The summed E-state index contributed by atoms with van der Waals surface area (Å²) in [5.41, 5.74) is 0.0669. The van der Waals surface area contributed by atoms with Crippen LogP contribution in [0.4, 0.5) is 0 Å². The summed E-state index contributed by atoms with van der Waals surface area (Å²) in [6.07, 6.45) is 5.56. The van der Waals surface area contributed by atoms with Crippen LogP contribution in [-0.4, -0.2) is 22.2 Å². The number of rotatable bonds is 3. The molecule has 0 N–H and O–H groups in total. The minimum Gasteiger partial charge on any atom is -0.279 e. The fraction of sp³-hybridized carbons (Fsp3) is 0.929. The molecule has 2 rings (SSSR count). The summed E-state index contributed by atoms with van der Waals surface area (Å²) in [5.74, 6) is 0.466. The van der Waals surface area contributed by atoms with Crippen molar-refractivity contribution in [2.24, 2.45) is 5.92 Å². The number of piperidine rings is 1. The van der Waals surface area contributed by atoms with E-state index in [1.165, 1.54) is 6.42 Å². The SMILES string of the molecule is CC1(C)CCCC(C)(C)N1OC(C#N)C1CC1. The molecule has 0 aromatic carbocycles. The first-order chi connectivity index (χ1) is 7.87. The van der Waals surface area contributed by atoms with Crippen molar-refractivity contribution >= 4 is 0 Å². The van der Waals surface area contributed by atoms with Crippen molar-refractivity contribution in [3.63, 3.8) is 0 Å². The summed E-state index contributed by atoms with van der Waals surface area (Å²) in [5, 5.41) is 11.3. The molecule has 1 aliphatic carbocycles. The van der Waals surface area contributed by atoms with Gasteiger partial charge in [-0.15, -0.1) is 0 Å². The molecule has 1 aliphatic heterocycles. The van der Waals surface area contributed by atoms with Gasteiger partial charge in [-0.1, -0.05) is 0 Å². The third-order valence-electron chi connectivity index (χ3n) is 4.07. The normalized spacial score (nSPS) is 29.6. The molecule has 0 bridgehead atoms. The van der Waals surface area contributed by atoms with Crippen molar-refractivity contribution < 1.29 is 4.84 Å². The van der Waals surface area contributed by atoms with Gasteiger partial charge in [0, 0.05) is 17.0 Å². The molecule has 0 spiro atoms. The highest BCUT2D eigenvalue weighted by atomic mass is 16.7. The highest BCUT2D eigenvalue weighted by Crippen LogP contribution is 2.41. The van der Waals surface area contributed by atoms with Gasteiger partial charge < -0.3 is 0 Å². The lowest BCUT2D eigenvalue weighted by molar-refractivity contribution is -0.297. The van der Waals surface area contributed by atoms with Crippen molar-refractivity contribution in [3.05, 3.63) is 0 Å². The molecule has 0 aromatic heterocycles. The molecule has 1 atom stereocenters. The molecular formula is C14H24N2O. The summed E-state index contributed by atoms with van der Waals surface area (Å²) in [6, 6.07) is 2.32. The van der Waals surface area contributed by atoms with Gasteiger partial charge in [-0.05, 0) is 59.8 Å². The zero-order valence-electron chi connectivity index (χ0n) is 11.5. The zero-order valence-corrected chi connectivity index (χ0v) is 11.5. The smallest absolute Gasteiger partial charge is 0.168 e. The zero-order chi connectivity index (χ0) is 12.7. The average Bonchev–Trinajstić information content (AvgIpc) is 2.99. The lowest BCUT2D eigenvalue weighted by atomic mass is 9.82. The monoisotopic (exact) mass is 236 g/mol. The van der Waals surface area contributed by atoms with E-state index in [-0.39, 0.29) is 17.2 Å². The van der Waals surface area contributed by atoms with Gasteiger partial charge in [0.2, 0.25) is 0 Å². The van der Waals surface area contributed by atoms with Gasteiger partial charge in [0.05, 0.1) is 6.07 Å². The third-order valence-corrected chi connectivity index (χ3v) is 4.07. The average molecular weight is 236 g/mol. The highest BCUT2D eigenvalue weighted by molar-refractivity contribution is 4.99. The van der Waals surface area contributed by atoms with Gasteiger partial charge in [-0.25, -0.2) is 0 Å². The summed E-state index contributed by atoms with van der Waals surface area (Å²) >= 11 is 0. The van der Waals surface area contributed by atoms with Gasteiger partial charge in [-0.3, -0.25) is 4.84 Å². The Hall–Kier alpha value is -0.590. The second kappa shape index (κ2) is 4.26. The van der Waals surface area contributed by atoms with E-state index in [1.54, 1.807) is 0 Å². The van der Waals surface area contributed by atoms with Gasteiger partial charge in [0.15, 0.2) is 6.10 Å². The standard InChI is InChI=1S/C14H24N2O/c1-13(2)8-5-9-14(3,4)16(13)17-12(10-15)11-6-7-11/h11-12H,5-9H2,1-4H3. The lowest BCUT2D eigenvalue weighted by Crippen LogP contribution is -2.59. The van der Waals surface area contributed by atoms with Gasteiger partial charge in [0.1, 0.15) is 0 Å². The molecule has 0 aromatic rings. The number of hydrogen-bond acceptors (Lipinski definition) is 3. The summed E-state index contributed by atoms with van der Waals surface area (Å²) in [7, 11) is 0. The van der Waals surface area contributed by atoms with E-state index in [4.69, 9.17) is 4.84 Å². The Labute approximate surface area is 105 Å². The summed E-state index contributed by atoms with van der Waals surface area (Å²) < 4.78 is 0. The van der Waals surface area contributed by atoms with Crippen molar-refractivity contribution in [2.75, 3.05) is 0 Å². The maximum Gasteiger partial charge on any atom is 0.168 e. The molecule has 1 saturated carbocycles. The van der Waals surface area contributed by atoms with E-state index in [0.29, 0.717) is 5.92 Å². The molecule has 1 heterocycles. The Bertz CT molecular complexity index is 310. The fourth-order valence-corrected chi connectivity index (χ4v) is 2.99. The van der Waals surface area contributed by atoms with Crippen LogP contribution in [0.15, 0.2) is 0 Å². The van der Waals surface area contributed by atoms with Crippen LogP contribution in [0.25, 0.3) is 0 Å². The lowest BCUT2D eigenvalue weighted by Gasteiger charge is -2.51. The largest absolute Gasteiger partial charge is 0.279 e. The van der Waals surface area contributed by atoms with Crippen LogP contribution in [0.1, 0.15) is 59.8 Å². The Balaban J connectivity index is 2.11. The van der Waals surface area contributed by atoms with Crippen LogP contribution in [0, 0.1) is 17.2 Å². The van der Waals surface area contributed by atoms with Crippen LogP contribution in [0.3, 0.4) is 0 Å². The van der Waals surface area contributed by atoms with Crippen molar-refractivity contribution in [1.29, 1.82) is 5.26 Å². The molecular weight excluding hydrogens is 212 g/mol. The first-order valence-electron chi connectivity index (χ1n) is 6.73. The number of nitrogens with zero attached hydrogens (tertiary/aromatic N) is 2. The minimum atomic E-state index is -0.244. The number of hydroxylamine groups is 2. The van der Waals surface area contributed by atoms with Crippen LogP contribution in [0.5, 0.6) is 0 Å². The molecule has 0 amide bonds. The molecule has 1 saturated heterocycles. The summed E-state index contributed by atoms with van der Waals surface area (Å²) in [6.45, 7) is 8.87. The first-order valence-corrected chi connectivity index (χ1v) is 6.73. The Morgan fingerprint density at radius 2 is 1.71 bits per heavy atom. The highest BCUT2D eigenvalue weighted by Gasteiger charge is 2.45. The van der Waals surface area contributed by atoms with Crippen LogP contribution >= 0.6 is 0 Å². The molecule has 3 heteroatoms. The van der Waals surface area contributed by atoms with Crippen molar-refractivity contribution in [1.82, 2.24) is 5.06 Å². The van der Waals surface area contributed by atoms with E-state index < -0.39 is 0 Å². The molecule has 2 aliphatic rings. The van der Waals surface area contributed by atoms with E-state index in [9.17, 15) is 5.26 Å². The van der Waals surface area contributed by atoms with E-state index in [2.05, 4.69) is 38.8 Å². The molecule has 17 heavy (non-hydrogen) atoms. The van der Waals surface area contributed by atoms with Crippen LogP contribution in [0.2, 0.25) is 0 Å². The van der Waals surface area contributed by atoms with E-state index in [1.807, 2.05) is 0 Å². The number of nitriles is 1. The van der Waals surface area contributed by atoms with Gasteiger partial charge in [0.25, 0.3) is 0 Å². The molecule has 1 unspecified atom stereocenters. The predicted molar refractivity (Wildman–Crippen MR) is 67.1 cm³/mol. The van der Waals surface area contributed by atoms with E-state index in [0.717, 1.165) is 25.7 Å². The molecule has 0 radical (unpaired) electrons. The van der Waals surface area contributed by atoms with Crippen molar-refractivity contribution in [3.8, 4) is 6.07 Å². The summed E-state index contributed by atoms with van der Waals surface area (Å²) in [4.78, 5) is 6.07. The molecule has 96 valence electrons.